The van der Waals surface area contributed by atoms with Crippen LogP contribution in [0.4, 0.5) is 4.39 Å². The van der Waals surface area contributed by atoms with E-state index in [1.165, 1.54) is 23.9 Å². The molecule has 1 unspecified atom stereocenters. The minimum absolute atomic E-state index is 0.169. The van der Waals surface area contributed by atoms with Crippen LogP contribution in [0.25, 0.3) is 0 Å². The number of aliphatic hydroxyl groups excluding tert-OH is 1. The van der Waals surface area contributed by atoms with Crippen molar-refractivity contribution < 1.29 is 9.50 Å². The van der Waals surface area contributed by atoms with Gasteiger partial charge in [-0.3, -0.25) is 0 Å². The normalized spacial score (nSPS) is 12.9. The van der Waals surface area contributed by atoms with Crippen molar-refractivity contribution in [3.63, 3.8) is 0 Å². The highest BCUT2D eigenvalue weighted by atomic mass is 32.2. The van der Waals surface area contributed by atoms with Crippen LogP contribution in [-0.4, -0.2) is 18.0 Å². The van der Waals surface area contributed by atoms with E-state index in [9.17, 15) is 4.39 Å². The lowest BCUT2D eigenvalue weighted by atomic mass is 10.1. The van der Waals surface area contributed by atoms with Gasteiger partial charge < -0.3 is 10.8 Å². The molecule has 1 atom stereocenters. The third kappa shape index (κ3) is 2.69. The molecule has 2 nitrogen and oxygen atoms in total. The lowest BCUT2D eigenvalue weighted by Crippen LogP contribution is -2.14. The van der Waals surface area contributed by atoms with Gasteiger partial charge >= 0.3 is 0 Å². The van der Waals surface area contributed by atoms with Crippen LogP contribution in [0.1, 0.15) is 11.6 Å². The van der Waals surface area contributed by atoms with E-state index in [-0.39, 0.29) is 12.4 Å². The lowest BCUT2D eigenvalue weighted by molar-refractivity contribution is 0.267. The summed E-state index contributed by atoms with van der Waals surface area (Å²) in [5.41, 5.74) is 6.19. The van der Waals surface area contributed by atoms with Gasteiger partial charge in [-0.15, -0.1) is 11.8 Å². The predicted molar refractivity (Wildman–Crippen MR) is 52.2 cm³/mol. The van der Waals surface area contributed by atoms with Crippen molar-refractivity contribution in [3.8, 4) is 0 Å². The minimum Gasteiger partial charge on any atom is -0.394 e. The van der Waals surface area contributed by atoms with E-state index in [0.29, 0.717) is 5.56 Å². The van der Waals surface area contributed by atoms with Gasteiger partial charge in [-0.25, -0.2) is 4.39 Å². The Morgan fingerprint density at radius 1 is 1.54 bits per heavy atom. The second-order valence-corrected chi connectivity index (χ2v) is 3.59. The zero-order chi connectivity index (χ0) is 9.84. The van der Waals surface area contributed by atoms with Crippen LogP contribution in [0.5, 0.6) is 0 Å². The fourth-order valence-corrected chi connectivity index (χ4v) is 1.51. The van der Waals surface area contributed by atoms with Gasteiger partial charge in [0.2, 0.25) is 0 Å². The van der Waals surface area contributed by atoms with Gasteiger partial charge in [-0.05, 0) is 30.0 Å². The first kappa shape index (κ1) is 10.5. The molecule has 0 amide bonds. The molecule has 0 saturated heterocycles. The molecule has 0 heterocycles. The Hall–Kier alpha value is -0.580. The first-order valence-electron chi connectivity index (χ1n) is 3.88. The summed E-state index contributed by atoms with van der Waals surface area (Å²) in [6.45, 7) is -0.169. The van der Waals surface area contributed by atoms with Gasteiger partial charge in [0.15, 0.2) is 0 Å². The Kier molecular flexibility index (Phi) is 3.71. The van der Waals surface area contributed by atoms with Gasteiger partial charge in [-0.1, -0.05) is 0 Å². The average molecular weight is 201 g/mol. The molecule has 0 fully saturated rings. The summed E-state index contributed by atoms with van der Waals surface area (Å²) in [4.78, 5) is 0.818. The van der Waals surface area contributed by atoms with Crippen LogP contribution in [0.2, 0.25) is 0 Å². The number of aliphatic hydroxyl groups is 1. The lowest BCUT2D eigenvalue weighted by Gasteiger charge is -2.09. The number of hydrogen-bond donors (Lipinski definition) is 2. The van der Waals surface area contributed by atoms with Crippen molar-refractivity contribution in [2.24, 2.45) is 5.73 Å². The molecule has 1 aromatic rings. The molecule has 0 spiro atoms. The highest BCUT2D eigenvalue weighted by molar-refractivity contribution is 7.98. The quantitative estimate of drug-likeness (QED) is 0.729. The molecule has 13 heavy (non-hydrogen) atoms. The molecule has 4 heteroatoms. The molecule has 0 aliphatic heterocycles. The molecular formula is C9H12FNOS. The molecule has 0 aliphatic carbocycles. The maximum Gasteiger partial charge on any atom is 0.124 e. The molecule has 72 valence electrons. The first-order valence-corrected chi connectivity index (χ1v) is 5.10. The molecule has 1 aromatic carbocycles. The van der Waals surface area contributed by atoms with E-state index in [2.05, 4.69) is 0 Å². The smallest absolute Gasteiger partial charge is 0.124 e. The second kappa shape index (κ2) is 4.60. The van der Waals surface area contributed by atoms with Crippen LogP contribution in [0.15, 0.2) is 23.1 Å². The van der Waals surface area contributed by atoms with Crippen molar-refractivity contribution in [2.75, 3.05) is 12.9 Å². The highest BCUT2D eigenvalue weighted by Gasteiger charge is 2.07. The highest BCUT2D eigenvalue weighted by Crippen LogP contribution is 2.21. The van der Waals surface area contributed by atoms with E-state index in [1.807, 2.05) is 6.26 Å². The van der Waals surface area contributed by atoms with Crippen LogP contribution >= 0.6 is 11.8 Å². The number of benzene rings is 1. The molecule has 0 aromatic heterocycles. The Morgan fingerprint density at radius 2 is 2.23 bits per heavy atom. The van der Waals surface area contributed by atoms with E-state index in [4.69, 9.17) is 10.8 Å². The molecule has 0 aliphatic rings. The number of nitrogens with two attached hydrogens (primary N) is 1. The summed E-state index contributed by atoms with van der Waals surface area (Å²) in [7, 11) is 0. The SMILES string of the molecule is CSc1cc(F)cc(C(N)CO)c1. The van der Waals surface area contributed by atoms with E-state index in [1.54, 1.807) is 6.07 Å². The summed E-state index contributed by atoms with van der Waals surface area (Å²) in [5.74, 6) is -0.314. The maximum absolute atomic E-state index is 13.0. The standard InChI is InChI=1S/C9H12FNOS/c1-13-8-3-6(9(11)5-12)2-7(10)4-8/h2-4,9,12H,5,11H2,1H3. The Balaban J connectivity index is 3.01. The molecule has 0 bridgehead atoms. The molecular weight excluding hydrogens is 189 g/mol. The van der Waals surface area contributed by atoms with Gasteiger partial charge in [0.25, 0.3) is 0 Å². The maximum atomic E-state index is 13.0. The minimum atomic E-state index is -0.499. The summed E-state index contributed by atoms with van der Waals surface area (Å²) in [5, 5.41) is 8.79. The van der Waals surface area contributed by atoms with Crippen molar-refractivity contribution in [2.45, 2.75) is 10.9 Å². The van der Waals surface area contributed by atoms with Gasteiger partial charge in [0, 0.05) is 4.90 Å². The number of thioether (sulfide) groups is 1. The number of halogens is 1. The second-order valence-electron chi connectivity index (χ2n) is 2.71. The number of hydrogen-bond acceptors (Lipinski definition) is 3. The third-order valence-electron chi connectivity index (χ3n) is 1.75. The Bertz CT molecular complexity index is 293. The van der Waals surface area contributed by atoms with E-state index in [0.717, 1.165) is 4.90 Å². The van der Waals surface area contributed by atoms with Crippen LogP contribution < -0.4 is 5.73 Å². The van der Waals surface area contributed by atoms with Crippen LogP contribution in [0.3, 0.4) is 0 Å². The van der Waals surface area contributed by atoms with Gasteiger partial charge in [-0.2, -0.15) is 0 Å². The third-order valence-corrected chi connectivity index (χ3v) is 2.46. The average Bonchev–Trinajstić information content (AvgIpc) is 2.15. The summed E-state index contributed by atoms with van der Waals surface area (Å²) < 4.78 is 13.0. The predicted octanol–water partition coefficient (Wildman–Crippen LogP) is 1.54. The van der Waals surface area contributed by atoms with Crippen molar-refractivity contribution in [1.29, 1.82) is 0 Å². The molecule has 1 rings (SSSR count). The Morgan fingerprint density at radius 3 is 2.77 bits per heavy atom. The Labute approximate surface area is 80.9 Å². The fourth-order valence-electron chi connectivity index (χ4n) is 1.02. The van der Waals surface area contributed by atoms with Crippen LogP contribution in [0, 0.1) is 5.82 Å². The fraction of sp³-hybridized carbons (Fsp3) is 0.333. The zero-order valence-corrected chi connectivity index (χ0v) is 8.14. The van der Waals surface area contributed by atoms with Gasteiger partial charge in [0.1, 0.15) is 5.82 Å². The molecule has 0 saturated carbocycles. The van der Waals surface area contributed by atoms with Crippen LogP contribution in [-0.2, 0) is 0 Å². The molecule has 3 N–H and O–H groups in total. The van der Waals surface area contributed by atoms with Crippen molar-refractivity contribution in [1.82, 2.24) is 0 Å². The summed E-state index contributed by atoms with van der Waals surface area (Å²) in [6, 6.07) is 4.08. The summed E-state index contributed by atoms with van der Waals surface area (Å²) >= 11 is 1.45. The van der Waals surface area contributed by atoms with E-state index < -0.39 is 6.04 Å². The van der Waals surface area contributed by atoms with Crippen molar-refractivity contribution >= 4 is 11.8 Å². The van der Waals surface area contributed by atoms with Crippen molar-refractivity contribution in [3.05, 3.63) is 29.6 Å². The molecule has 0 radical (unpaired) electrons. The van der Waals surface area contributed by atoms with Gasteiger partial charge in [0.05, 0.1) is 12.6 Å². The largest absolute Gasteiger partial charge is 0.394 e. The monoisotopic (exact) mass is 201 g/mol. The van der Waals surface area contributed by atoms with E-state index >= 15 is 0 Å². The first-order chi connectivity index (χ1) is 6.17. The zero-order valence-electron chi connectivity index (χ0n) is 7.33. The number of rotatable bonds is 3. The summed E-state index contributed by atoms with van der Waals surface area (Å²) in [6.07, 6.45) is 1.86. The topological polar surface area (TPSA) is 46.2 Å².